The SMILES string of the molecule is CC(C)(C)OC(=O)N1CCN(c2ccc(C(=O)OCc3ccccc3)cc2)CC1. The van der Waals surface area contributed by atoms with Crippen LogP contribution in [0, 0.1) is 0 Å². The minimum absolute atomic E-state index is 0.258. The van der Waals surface area contributed by atoms with E-state index in [1.165, 1.54) is 0 Å². The summed E-state index contributed by atoms with van der Waals surface area (Å²) in [4.78, 5) is 28.3. The molecule has 0 radical (unpaired) electrons. The van der Waals surface area contributed by atoms with Gasteiger partial charge in [-0.3, -0.25) is 0 Å². The topological polar surface area (TPSA) is 59.1 Å². The van der Waals surface area contributed by atoms with Crippen molar-refractivity contribution in [3.8, 4) is 0 Å². The van der Waals surface area contributed by atoms with Crippen LogP contribution in [0.1, 0.15) is 36.7 Å². The van der Waals surface area contributed by atoms with Crippen LogP contribution < -0.4 is 4.90 Å². The van der Waals surface area contributed by atoms with Crippen molar-refractivity contribution >= 4 is 17.7 Å². The summed E-state index contributed by atoms with van der Waals surface area (Å²) in [7, 11) is 0. The second-order valence-corrected chi connectivity index (χ2v) is 8.06. The third kappa shape index (κ3) is 5.98. The van der Waals surface area contributed by atoms with Gasteiger partial charge >= 0.3 is 12.1 Å². The molecule has 3 rings (SSSR count). The number of benzene rings is 2. The first-order valence-electron chi connectivity index (χ1n) is 9.86. The van der Waals surface area contributed by atoms with Crippen LogP contribution in [-0.4, -0.2) is 48.7 Å². The lowest BCUT2D eigenvalue weighted by Crippen LogP contribution is -2.50. The Labute approximate surface area is 172 Å². The summed E-state index contributed by atoms with van der Waals surface area (Å²) in [5.41, 5.74) is 2.02. The molecule has 0 bridgehead atoms. The third-order valence-electron chi connectivity index (χ3n) is 4.61. The summed E-state index contributed by atoms with van der Waals surface area (Å²) in [6.07, 6.45) is -0.270. The number of carbonyl (C=O) groups excluding carboxylic acids is 2. The Balaban J connectivity index is 1.50. The Morgan fingerprint density at radius 3 is 2.10 bits per heavy atom. The number of amides is 1. The Hall–Kier alpha value is -3.02. The molecule has 2 aromatic rings. The van der Waals surface area contributed by atoms with Crippen LogP contribution in [0.3, 0.4) is 0 Å². The number of carbonyl (C=O) groups is 2. The Bertz CT molecular complexity index is 820. The highest BCUT2D eigenvalue weighted by Gasteiger charge is 2.26. The van der Waals surface area contributed by atoms with Gasteiger partial charge in [0.15, 0.2) is 0 Å². The molecule has 0 unspecified atom stereocenters. The lowest BCUT2D eigenvalue weighted by molar-refractivity contribution is 0.0240. The van der Waals surface area contributed by atoms with Gasteiger partial charge in [-0.05, 0) is 50.6 Å². The summed E-state index contributed by atoms with van der Waals surface area (Å²) in [5.74, 6) is -0.338. The fraction of sp³-hybridized carbons (Fsp3) is 0.391. The molecular formula is C23H28N2O4. The van der Waals surface area contributed by atoms with E-state index in [2.05, 4.69) is 4.90 Å². The average molecular weight is 396 g/mol. The van der Waals surface area contributed by atoms with E-state index in [4.69, 9.17) is 9.47 Å². The average Bonchev–Trinajstić information content (AvgIpc) is 2.72. The highest BCUT2D eigenvalue weighted by Crippen LogP contribution is 2.19. The maximum Gasteiger partial charge on any atom is 0.410 e. The molecule has 0 spiro atoms. The number of hydrogen-bond donors (Lipinski definition) is 0. The van der Waals surface area contributed by atoms with Gasteiger partial charge in [0.25, 0.3) is 0 Å². The summed E-state index contributed by atoms with van der Waals surface area (Å²) in [6, 6.07) is 17.0. The molecule has 0 N–H and O–H groups in total. The van der Waals surface area contributed by atoms with Crippen molar-refractivity contribution in [1.82, 2.24) is 4.90 Å². The van der Waals surface area contributed by atoms with Crippen molar-refractivity contribution < 1.29 is 19.1 Å². The summed E-state index contributed by atoms with van der Waals surface area (Å²) >= 11 is 0. The van der Waals surface area contributed by atoms with Crippen molar-refractivity contribution in [1.29, 1.82) is 0 Å². The van der Waals surface area contributed by atoms with E-state index in [-0.39, 0.29) is 18.7 Å². The van der Waals surface area contributed by atoms with E-state index >= 15 is 0 Å². The number of anilines is 1. The molecule has 0 aromatic heterocycles. The summed E-state index contributed by atoms with van der Waals surface area (Å²) in [6.45, 7) is 8.52. The number of esters is 1. The molecule has 1 fully saturated rings. The van der Waals surface area contributed by atoms with Gasteiger partial charge in [-0.2, -0.15) is 0 Å². The predicted octanol–water partition coefficient (Wildman–Crippen LogP) is 4.10. The minimum atomic E-state index is -0.487. The van der Waals surface area contributed by atoms with Crippen molar-refractivity contribution in [2.75, 3.05) is 31.1 Å². The molecule has 6 nitrogen and oxygen atoms in total. The quantitative estimate of drug-likeness (QED) is 0.728. The Kier molecular flexibility index (Phi) is 6.42. The molecule has 0 saturated carbocycles. The van der Waals surface area contributed by atoms with Crippen LogP contribution in [0.2, 0.25) is 0 Å². The first-order chi connectivity index (χ1) is 13.8. The first kappa shape index (κ1) is 20.7. The van der Waals surface area contributed by atoms with Crippen LogP contribution in [0.25, 0.3) is 0 Å². The Morgan fingerprint density at radius 1 is 0.897 bits per heavy atom. The largest absolute Gasteiger partial charge is 0.457 e. The van der Waals surface area contributed by atoms with E-state index in [1.807, 2.05) is 63.2 Å². The van der Waals surface area contributed by atoms with Gasteiger partial charge in [-0.15, -0.1) is 0 Å². The molecule has 1 amide bonds. The van der Waals surface area contributed by atoms with E-state index < -0.39 is 5.60 Å². The van der Waals surface area contributed by atoms with Gasteiger partial charge in [0.1, 0.15) is 12.2 Å². The molecule has 154 valence electrons. The van der Waals surface area contributed by atoms with Gasteiger partial charge in [0.2, 0.25) is 0 Å². The lowest BCUT2D eigenvalue weighted by Gasteiger charge is -2.36. The van der Waals surface area contributed by atoms with E-state index in [9.17, 15) is 9.59 Å². The molecule has 1 heterocycles. The van der Waals surface area contributed by atoms with Crippen LogP contribution in [-0.2, 0) is 16.1 Å². The fourth-order valence-corrected chi connectivity index (χ4v) is 3.09. The smallest absolute Gasteiger partial charge is 0.410 e. The van der Waals surface area contributed by atoms with Gasteiger partial charge in [-0.25, -0.2) is 9.59 Å². The van der Waals surface area contributed by atoms with Crippen molar-refractivity contribution in [3.63, 3.8) is 0 Å². The maximum absolute atomic E-state index is 12.2. The van der Waals surface area contributed by atoms with Crippen LogP contribution >= 0.6 is 0 Å². The standard InChI is InChI=1S/C23H28N2O4/c1-23(2,3)29-22(27)25-15-13-24(14-16-25)20-11-9-19(10-12-20)21(26)28-17-18-7-5-4-6-8-18/h4-12H,13-17H2,1-3H3. The minimum Gasteiger partial charge on any atom is -0.457 e. The molecule has 1 saturated heterocycles. The highest BCUT2D eigenvalue weighted by molar-refractivity contribution is 5.89. The van der Waals surface area contributed by atoms with E-state index in [1.54, 1.807) is 17.0 Å². The number of piperazine rings is 1. The van der Waals surface area contributed by atoms with Crippen LogP contribution in [0.15, 0.2) is 54.6 Å². The summed E-state index contributed by atoms with van der Waals surface area (Å²) in [5, 5.41) is 0. The highest BCUT2D eigenvalue weighted by atomic mass is 16.6. The van der Waals surface area contributed by atoms with E-state index in [0.717, 1.165) is 24.3 Å². The number of hydrogen-bond acceptors (Lipinski definition) is 5. The van der Waals surface area contributed by atoms with Crippen molar-refractivity contribution in [2.45, 2.75) is 33.0 Å². The molecule has 1 aliphatic heterocycles. The number of rotatable bonds is 4. The lowest BCUT2D eigenvalue weighted by atomic mass is 10.1. The van der Waals surface area contributed by atoms with Gasteiger partial charge in [-0.1, -0.05) is 30.3 Å². The van der Waals surface area contributed by atoms with Crippen LogP contribution in [0.4, 0.5) is 10.5 Å². The van der Waals surface area contributed by atoms with Gasteiger partial charge < -0.3 is 19.3 Å². The van der Waals surface area contributed by atoms with Crippen molar-refractivity contribution in [2.24, 2.45) is 0 Å². The normalized spacial score (nSPS) is 14.4. The second kappa shape index (κ2) is 8.99. The maximum atomic E-state index is 12.2. The summed E-state index contributed by atoms with van der Waals surface area (Å²) < 4.78 is 10.8. The van der Waals surface area contributed by atoms with Gasteiger partial charge in [0, 0.05) is 31.9 Å². The predicted molar refractivity (Wildman–Crippen MR) is 112 cm³/mol. The zero-order valence-electron chi connectivity index (χ0n) is 17.3. The number of ether oxygens (including phenoxy) is 2. The zero-order chi connectivity index (χ0) is 20.9. The molecule has 0 aliphatic carbocycles. The fourth-order valence-electron chi connectivity index (χ4n) is 3.09. The van der Waals surface area contributed by atoms with Crippen LogP contribution in [0.5, 0.6) is 0 Å². The Morgan fingerprint density at radius 2 is 1.52 bits per heavy atom. The molecular weight excluding hydrogens is 368 g/mol. The molecule has 2 aromatic carbocycles. The molecule has 1 aliphatic rings. The zero-order valence-corrected chi connectivity index (χ0v) is 17.3. The second-order valence-electron chi connectivity index (χ2n) is 8.06. The molecule has 6 heteroatoms. The monoisotopic (exact) mass is 396 g/mol. The van der Waals surface area contributed by atoms with Gasteiger partial charge in [0.05, 0.1) is 5.56 Å². The molecule has 0 atom stereocenters. The first-order valence-corrected chi connectivity index (χ1v) is 9.86. The third-order valence-corrected chi connectivity index (χ3v) is 4.61. The van der Waals surface area contributed by atoms with Crippen molar-refractivity contribution in [3.05, 3.63) is 65.7 Å². The number of nitrogens with zero attached hydrogens (tertiary/aromatic N) is 2. The van der Waals surface area contributed by atoms with E-state index in [0.29, 0.717) is 18.7 Å². The molecule has 29 heavy (non-hydrogen) atoms.